The molecule has 52 valence electrons. The van der Waals surface area contributed by atoms with Crippen LogP contribution >= 0.6 is 0 Å². The molecule has 2 atom stereocenters. The first-order valence-electron chi connectivity index (χ1n) is 3.07. The molecule has 4 heteroatoms. The number of rotatable bonds is 0. The van der Waals surface area contributed by atoms with Crippen LogP contribution in [0.1, 0.15) is 12.8 Å². The average molecular weight is 147 g/mol. The Kier molecular flexibility index (Phi) is 0.743. The lowest BCUT2D eigenvalue weighted by molar-refractivity contribution is 0.584. The van der Waals surface area contributed by atoms with E-state index in [1.165, 1.54) is 0 Å². The van der Waals surface area contributed by atoms with E-state index in [0.29, 0.717) is 18.1 Å². The lowest BCUT2D eigenvalue weighted by atomic mass is 10.3. The molecule has 1 saturated carbocycles. The van der Waals surface area contributed by atoms with Gasteiger partial charge in [0.25, 0.3) is 0 Å². The SMILES string of the molecule is NC12CC1CCS2(=O)=O. The lowest BCUT2D eigenvalue weighted by Gasteiger charge is -2.02. The first-order valence-corrected chi connectivity index (χ1v) is 4.73. The molecule has 0 aromatic heterocycles. The molecule has 2 fully saturated rings. The highest BCUT2D eigenvalue weighted by Crippen LogP contribution is 2.53. The highest BCUT2D eigenvalue weighted by molar-refractivity contribution is 7.93. The van der Waals surface area contributed by atoms with Gasteiger partial charge >= 0.3 is 0 Å². The maximum absolute atomic E-state index is 11.0. The van der Waals surface area contributed by atoms with Crippen LogP contribution in [-0.4, -0.2) is 19.0 Å². The van der Waals surface area contributed by atoms with Gasteiger partial charge in [-0.1, -0.05) is 0 Å². The summed E-state index contributed by atoms with van der Waals surface area (Å²) in [5.41, 5.74) is 5.54. The first kappa shape index (κ1) is 5.68. The number of sulfone groups is 1. The molecule has 2 N–H and O–H groups in total. The Bertz CT molecular complexity index is 244. The Morgan fingerprint density at radius 3 is 2.33 bits per heavy atom. The van der Waals surface area contributed by atoms with Crippen LogP contribution in [0.2, 0.25) is 0 Å². The second kappa shape index (κ2) is 1.18. The van der Waals surface area contributed by atoms with Gasteiger partial charge in [0, 0.05) is 0 Å². The molecule has 0 bridgehead atoms. The minimum absolute atomic E-state index is 0.294. The zero-order chi connectivity index (χ0) is 6.70. The number of hydrogen-bond acceptors (Lipinski definition) is 3. The third-order valence-electron chi connectivity index (χ3n) is 2.41. The molecule has 1 aliphatic carbocycles. The standard InChI is InChI=1S/C5H9NO2S/c6-5-3-4(5)1-2-9(5,7)8/h4H,1-3,6H2. The van der Waals surface area contributed by atoms with E-state index in [-0.39, 0.29) is 0 Å². The van der Waals surface area contributed by atoms with Crippen LogP contribution in [0.15, 0.2) is 0 Å². The Morgan fingerprint density at radius 1 is 1.56 bits per heavy atom. The molecular formula is C5H9NO2S. The van der Waals surface area contributed by atoms with Gasteiger partial charge in [-0.25, -0.2) is 8.42 Å². The second-order valence-electron chi connectivity index (χ2n) is 2.96. The van der Waals surface area contributed by atoms with Crippen molar-refractivity contribution in [3.63, 3.8) is 0 Å². The Morgan fingerprint density at radius 2 is 2.22 bits per heavy atom. The summed E-state index contributed by atoms with van der Waals surface area (Å²) < 4.78 is 22.0. The van der Waals surface area contributed by atoms with Crippen molar-refractivity contribution in [2.24, 2.45) is 11.7 Å². The third-order valence-corrected chi connectivity index (χ3v) is 4.84. The summed E-state index contributed by atoms with van der Waals surface area (Å²) >= 11 is 0. The zero-order valence-corrected chi connectivity index (χ0v) is 5.82. The molecule has 9 heavy (non-hydrogen) atoms. The summed E-state index contributed by atoms with van der Waals surface area (Å²) in [7, 11) is -2.87. The second-order valence-corrected chi connectivity index (χ2v) is 5.36. The molecular weight excluding hydrogens is 138 g/mol. The number of hydrogen-bond donors (Lipinski definition) is 1. The van der Waals surface area contributed by atoms with Crippen LogP contribution in [0, 0.1) is 5.92 Å². The van der Waals surface area contributed by atoms with Crippen LogP contribution in [0.5, 0.6) is 0 Å². The fourth-order valence-corrected chi connectivity index (χ4v) is 3.60. The highest BCUT2D eigenvalue weighted by Gasteiger charge is 2.64. The van der Waals surface area contributed by atoms with Gasteiger partial charge in [0.15, 0.2) is 9.84 Å². The average Bonchev–Trinajstić information content (AvgIpc) is 2.34. The molecule has 0 aromatic rings. The van der Waals surface area contributed by atoms with Crippen LogP contribution < -0.4 is 5.73 Å². The van der Waals surface area contributed by atoms with E-state index in [9.17, 15) is 8.42 Å². The quantitative estimate of drug-likeness (QED) is 0.501. The van der Waals surface area contributed by atoms with Crippen LogP contribution in [0.3, 0.4) is 0 Å². The van der Waals surface area contributed by atoms with Gasteiger partial charge in [0.05, 0.1) is 5.75 Å². The van der Waals surface area contributed by atoms with Gasteiger partial charge in [-0.3, -0.25) is 0 Å². The maximum atomic E-state index is 11.0. The van der Waals surface area contributed by atoms with Gasteiger partial charge < -0.3 is 5.73 Å². The molecule has 0 spiro atoms. The van der Waals surface area contributed by atoms with Crippen LogP contribution in [-0.2, 0) is 9.84 Å². The van der Waals surface area contributed by atoms with Crippen molar-refractivity contribution in [3.8, 4) is 0 Å². The summed E-state index contributed by atoms with van der Waals surface area (Å²) in [5.74, 6) is 0.608. The highest BCUT2D eigenvalue weighted by atomic mass is 32.2. The predicted octanol–water partition coefficient (Wildman–Crippen LogP) is -0.520. The van der Waals surface area contributed by atoms with Crippen molar-refractivity contribution in [3.05, 3.63) is 0 Å². The normalized spacial score (nSPS) is 52.8. The Labute approximate surface area is 54.2 Å². The predicted molar refractivity (Wildman–Crippen MR) is 33.4 cm³/mol. The molecule has 1 heterocycles. The molecule has 0 radical (unpaired) electrons. The fraction of sp³-hybridized carbons (Fsp3) is 1.00. The number of nitrogens with two attached hydrogens (primary N) is 1. The maximum Gasteiger partial charge on any atom is 0.169 e. The fourth-order valence-electron chi connectivity index (χ4n) is 1.54. The smallest absolute Gasteiger partial charge is 0.169 e. The van der Waals surface area contributed by atoms with Crippen molar-refractivity contribution in [1.29, 1.82) is 0 Å². The number of fused-ring (bicyclic) bond motifs is 1. The summed E-state index contributed by atoms with van der Waals surface area (Å²) in [6, 6.07) is 0. The van der Waals surface area contributed by atoms with Crippen molar-refractivity contribution in [1.82, 2.24) is 0 Å². The van der Waals surface area contributed by atoms with Gasteiger partial charge in [-0.15, -0.1) is 0 Å². The zero-order valence-electron chi connectivity index (χ0n) is 5.00. The molecule has 2 rings (SSSR count). The van der Waals surface area contributed by atoms with Crippen molar-refractivity contribution < 1.29 is 8.42 Å². The minimum atomic E-state index is -2.87. The van der Waals surface area contributed by atoms with Crippen molar-refractivity contribution in [2.45, 2.75) is 17.7 Å². The monoisotopic (exact) mass is 147 g/mol. The summed E-state index contributed by atoms with van der Waals surface area (Å²) in [6.45, 7) is 0. The van der Waals surface area contributed by atoms with E-state index in [2.05, 4.69) is 0 Å². The first-order chi connectivity index (χ1) is 4.06. The van der Waals surface area contributed by atoms with E-state index in [0.717, 1.165) is 6.42 Å². The summed E-state index contributed by atoms with van der Waals surface area (Å²) in [5, 5.41) is 0. The van der Waals surface area contributed by atoms with Gasteiger partial charge in [0.1, 0.15) is 4.87 Å². The summed E-state index contributed by atoms with van der Waals surface area (Å²) in [6.07, 6.45) is 1.49. The molecule has 1 saturated heterocycles. The van der Waals surface area contributed by atoms with Gasteiger partial charge in [0.2, 0.25) is 0 Å². The Hall–Kier alpha value is -0.0900. The molecule has 0 aromatic carbocycles. The molecule has 2 unspecified atom stereocenters. The van der Waals surface area contributed by atoms with E-state index >= 15 is 0 Å². The largest absolute Gasteiger partial charge is 0.312 e. The van der Waals surface area contributed by atoms with Gasteiger partial charge in [-0.2, -0.15) is 0 Å². The van der Waals surface area contributed by atoms with E-state index in [4.69, 9.17) is 5.73 Å². The Balaban J connectivity index is 2.51. The molecule has 3 nitrogen and oxygen atoms in total. The molecule has 1 aliphatic heterocycles. The van der Waals surface area contributed by atoms with Gasteiger partial charge in [-0.05, 0) is 18.8 Å². The molecule has 2 aliphatic rings. The minimum Gasteiger partial charge on any atom is -0.312 e. The van der Waals surface area contributed by atoms with Crippen LogP contribution in [0.4, 0.5) is 0 Å². The van der Waals surface area contributed by atoms with Crippen molar-refractivity contribution >= 4 is 9.84 Å². The topological polar surface area (TPSA) is 60.2 Å². The van der Waals surface area contributed by atoms with E-state index in [1.54, 1.807) is 0 Å². The molecule has 0 amide bonds. The summed E-state index contributed by atoms with van der Waals surface area (Å²) in [4.78, 5) is -0.771. The van der Waals surface area contributed by atoms with Crippen LogP contribution in [0.25, 0.3) is 0 Å². The van der Waals surface area contributed by atoms with E-state index < -0.39 is 14.7 Å². The lowest BCUT2D eigenvalue weighted by Crippen LogP contribution is -2.32. The van der Waals surface area contributed by atoms with E-state index in [1.807, 2.05) is 0 Å². The van der Waals surface area contributed by atoms with Crippen molar-refractivity contribution in [2.75, 3.05) is 5.75 Å². The third kappa shape index (κ3) is 0.483.